The summed E-state index contributed by atoms with van der Waals surface area (Å²) in [5.41, 5.74) is 1.14. The first-order chi connectivity index (χ1) is 10.3. The van der Waals surface area contributed by atoms with E-state index in [1.54, 1.807) is 0 Å². The van der Waals surface area contributed by atoms with Crippen molar-refractivity contribution in [3.8, 4) is 0 Å². The molecule has 1 heterocycles. The van der Waals surface area contributed by atoms with E-state index in [2.05, 4.69) is 22.5 Å². The Balaban J connectivity index is 1.59. The zero-order valence-corrected chi connectivity index (χ0v) is 13.0. The Bertz CT molecular complexity index is 413. The molecule has 1 aromatic carbocycles. The lowest BCUT2D eigenvalue weighted by atomic mass is 10.0. The Kier molecular flexibility index (Phi) is 6.70. The number of benzene rings is 1. The van der Waals surface area contributed by atoms with Crippen LogP contribution in [0.5, 0.6) is 0 Å². The maximum Gasteiger partial charge on any atom is 0.234 e. The van der Waals surface area contributed by atoms with Crippen LogP contribution < -0.4 is 10.6 Å². The second-order valence-corrected chi connectivity index (χ2v) is 5.76. The minimum Gasteiger partial charge on any atom is -0.351 e. The molecule has 0 aliphatic carbocycles. The first-order valence-corrected chi connectivity index (χ1v) is 8.04. The summed E-state index contributed by atoms with van der Waals surface area (Å²) >= 11 is 0. The van der Waals surface area contributed by atoms with E-state index in [9.17, 15) is 4.79 Å². The van der Waals surface area contributed by atoms with Gasteiger partial charge in [-0.2, -0.15) is 0 Å². The van der Waals surface area contributed by atoms with Crippen molar-refractivity contribution in [3.63, 3.8) is 0 Å². The second-order valence-electron chi connectivity index (χ2n) is 5.76. The highest BCUT2D eigenvalue weighted by Gasteiger charge is 2.18. The first kappa shape index (κ1) is 16.0. The van der Waals surface area contributed by atoms with Crippen LogP contribution in [-0.4, -0.2) is 43.0 Å². The van der Waals surface area contributed by atoms with Crippen LogP contribution in [0.25, 0.3) is 0 Å². The van der Waals surface area contributed by atoms with Gasteiger partial charge in [0.2, 0.25) is 5.91 Å². The van der Waals surface area contributed by atoms with E-state index < -0.39 is 0 Å². The van der Waals surface area contributed by atoms with Crippen LogP contribution >= 0.6 is 0 Å². The average molecular weight is 289 g/mol. The molecular weight excluding hydrogens is 262 g/mol. The number of carbonyl (C=O) groups is 1. The van der Waals surface area contributed by atoms with Gasteiger partial charge >= 0.3 is 0 Å². The number of nitrogens with one attached hydrogen (secondary N) is 2. The largest absolute Gasteiger partial charge is 0.351 e. The fourth-order valence-electron chi connectivity index (χ4n) is 2.77. The summed E-state index contributed by atoms with van der Waals surface area (Å²) < 4.78 is 0. The Morgan fingerprint density at radius 3 is 2.62 bits per heavy atom. The van der Waals surface area contributed by atoms with Gasteiger partial charge in [-0.3, -0.25) is 4.79 Å². The standard InChI is InChI=1S/C17H27N3O/c1-2-10-20-11-8-16(9-12-20)18-14-17(21)19-13-15-6-4-3-5-7-15/h3-7,16,18H,2,8-14H2,1H3,(H,19,21). The summed E-state index contributed by atoms with van der Waals surface area (Å²) in [6.07, 6.45) is 3.51. The topological polar surface area (TPSA) is 44.4 Å². The van der Waals surface area contributed by atoms with Crippen molar-refractivity contribution < 1.29 is 4.79 Å². The number of rotatable bonds is 7. The Morgan fingerprint density at radius 2 is 1.95 bits per heavy atom. The summed E-state index contributed by atoms with van der Waals surface area (Å²) in [6, 6.07) is 10.5. The molecule has 1 saturated heterocycles. The molecular formula is C17H27N3O. The average Bonchev–Trinajstić information content (AvgIpc) is 2.53. The molecule has 116 valence electrons. The first-order valence-electron chi connectivity index (χ1n) is 8.04. The van der Waals surface area contributed by atoms with Crippen molar-refractivity contribution >= 4 is 5.91 Å². The van der Waals surface area contributed by atoms with Crippen LogP contribution in [0.15, 0.2) is 30.3 Å². The van der Waals surface area contributed by atoms with E-state index in [1.165, 1.54) is 13.0 Å². The molecule has 0 radical (unpaired) electrons. The minimum absolute atomic E-state index is 0.0786. The van der Waals surface area contributed by atoms with Gasteiger partial charge in [0.15, 0.2) is 0 Å². The summed E-state index contributed by atoms with van der Waals surface area (Å²) in [6.45, 7) is 6.75. The SMILES string of the molecule is CCCN1CCC(NCC(=O)NCc2ccccc2)CC1. The van der Waals surface area contributed by atoms with Gasteiger partial charge in [0.05, 0.1) is 6.54 Å². The lowest BCUT2D eigenvalue weighted by Gasteiger charge is -2.32. The molecule has 1 aliphatic rings. The monoisotopic (exact) mass is 289 g/mol. The van der Waals surface area contributed by atoms with E-state index in [-0.39, 0.29) is 5.91 Å². The number of likely N-dealkylation sites (tertiary alicyclic amines) is 1. The number of hydrogen-bond acceptors (Lipinski definition) is 3. The smallest absolute Gasteiger partial charge is 0.234 e. The van der Waals surface area contributed by atoms with Crippen molar-refractivity contribution in [2.75, 3.05) is 26.2 Å². The maximum atomic E-state index is 11.8. The lowest BCUT2D eigenvalue weighted by molar-refractivity contribution is -0.120. The number of nitrogens with zero attached hydrogens (tertiary/aromatic N) is 1. The molecule has 0 atom stereocenters. The third kappa shape index (κ3) is 5.86. The van der Waals surface area contributed by atoms with E-state index in [4.69, 9.17) is 0 Å². The molecule has 0 bridgehead atoms. The van der Waals surface area contributed by atoms with Gasteiger partial charge in [-0.15, -0.1) is 0 Å². The normalized spacial score (nSPS) is 16.8. The number of carbonyl (C=O) groups excluding carboxylic acids is 1. The predicted molar refractivity (Wildman–Crippen MR) is 86.0 cm³/mol. The van der Waals surface area contributed by atoms with E-state index in [0.29, 0.717) is 19.1 Å². The zero-order chi connectivity index (χ0) is 14.9. The third-order valence-corrected chi connectivity index (χ3v) is 4.01. The molecule has 0 unspecified atom stereocenters. The Labute approximate surface area is 127 Å². The molecule has 4 heteroatoms. The van der Waals surface area contributed by atoms with Gasteiger partial charge in [0.1, 0.15) is 0 Å². The molecule has 0 aromatic heterocycles. The summed E-state index contributed by atoms with van der Waals surface area (Å²) in [7, 11) is 0. The van der Waals surface area contributed by atoms with Gasteiger partial charge in [-0.25, -0.2) is 0 Å². The van der Waals surface area contributed by atoms with Gasteiger partial charge < -0.3 is 15.5 Å². The summed E-state index contributed by atoms with van der Waals surface area (Å²) in [5.74, 6) is 0.0786. The van der Waals surface area contributed by atoms with Crippen LogP contribution in [0.2, 0.25) is 0 Å². The van der Waals surface area contributed by atoms with Crippen molar-refractivity contribution in [2.24, 2.45) is 0 Å². The summed E-state index contributed by atoms with van der Waals surface area (Å²) in [4.78, 5) is 14.3. The van der Waals surface area contributed by atoms with E-state index in [0.717, 1.165) is 31.5 Å². The molecule has 0 saturated carbocycles. The van der Waals surface area contributed by atoms with Crippen LogP contribution in [0, 0.1) is 0 Å². The van der Waals surface area contributed by atoms with Crippen molar-refractivity contribution in [1.82, 2.24) is 15.5 Å². The third-order valence-electron chi connectivity index (χ3n) is 4.01. The fraction of sp³-hybridized carbons (Fsp3) is 0.588. The zero-order valence-electron chi connectivity index (χ0n) is 13.0. The predicted octanol–water partition coefficient (Wildman–Crippen LogP) is 1.77. The van der Waals surface area contributed by atoms with Gasteiger partial charge in [0, 0.05) is 12.6 Å². The van der Waals surface area contributed by atoms with E-state index >= 15 is 0 Å². The van der Waals surface area contributed by atoms with Crippen LogP contribution in [0.1, 0.15) is 31.7 Å². The Hall–Kier alpha value is -1.39. The molecule has 1 amide bonds. The number of hydrogen-bond donors (Lipinski definition) is 2. The minimum atomic E-state index is 0.0786. The fourth-order valence-corrected chi connectivity index (χ4v) is 2.77. The molecule has 2 N–H and O–H groups in total. The molecule has 21 heavy (non-hydrogen) atoms. The number of piperidine rings is 1. The highest BCUT2D eigenvalue weighted by atomic mass is 16.1. The molecule has 1 fully saturated rings. The second kappa shape index (κ2) is 8.80. The van der Waals surface area contributed by atoms with E-state index in [1.807, 2.05) is 30.3 Å². The van der Waals surface area contributed by atoms with Gasteiger partial charge in [-0.1, -0.05) is 37.3 Å². The summed E-state index contributed by atoms with van der Waals surface area (Å²) in [5, 5.41) is 6.34. The molecule has 0 spiro atoms. The maximum absolute atomic E-state index is 11.8. The van der Waals surface area contributed by atoms with Gasteiger partial charge in [0.25, 0.3) is 0 Å². The van der Waals surface area contributed by atoms with Crippen LogP contribution in [0.4, 0.5) is 0 Å². The van der Waals surface area contributed by atoms with Crippen molar-refractivity contribution in [2.45, 2.75) is 38.8 Å². The number of amides is 1. The van der Waals surface area contributed by atoms with Crippen LogP contribution in [0.3, 0.4) is 0 Å². The highest BCUT2D eigenvalue weighted by molar-refractivity contribution is 5.78. The van der Waals surface area contributed by atoms with Crippen LogP contribution in [-0.2, 0) is 11.3 Å². The quantitative estimate of drug-likeness (QED) is 0.804. The lowest BCUT2D eigenvalue weighted by Crippen LogP contribution is -2.45. The van der Waals surface area contributed by atoms with Crippen molar-refractivity contribution in [1.29, 1.82) is 0 Å². The van der Waals surface area contributed by atoms with Crippen molar-refractivity contribution in [3.05, 3.63) is 35.9 Å². The highest BCUT2D eigenvalue weighted by Crippen LogP contribution is 2.10. The molecule has 4 nitrogen and oxygen atoms in total. The Morgan fingerprint density at radius 1 is 1.24 bits per heavy atom. The molecule has 1 aromatic rings. The molecule has 2 rings (SSSR count). The van der Waals surface area contributed by atoms with Gasteiger partial charge in [-0.05, 0) is 44.5 Å². The molecule has 1 aliphatic heterocycles.